The number of ether oxygens (including phenoxy) is 1. The van der Waals surface area contributed by atoms with Gasteiger partial charge in [0.05, 0.1) is 23.9 Å². The van der Waals surface area contributed by atoms with E-state index in [-0.39, 0.29) is 36.1 Å². The number of imidazole rings is 1. The highest BCUT2D eigenvalue weighted by atomic mass is 35.5. The molecule has 41 heavy (non-hydrogen) atoms. The molecule has 0 unspecified atom stereocenters. The smallest absolute Gasteiger partial charge is 0.250 e. The summed E-state index contributed by atoms with van der Waals surface area (Å²) < 4.78 is 50.1. The molecule has 0 radical (unpaired) electrons. The summed E-state index contributed by atoms with van der Waals surface area (Å²) in [5.41, 5.74) is 7.77. The fourth-order valence-electron chi connectivity index (χ4n) is 6.56. The zero-order valence-corrected chi connectivity index (χ0v) is 24.3. The van der Waals surface area contributed by atoms with Gasteiger partial charge in [0.25, 0.3) is 0 Å². The summed E-state index contributed by atoms with van der Waals surface area (Å²) in [6.07, 6.45) is 3.43. The summed E-state index contributed by atoms with van der Waals surface area (Å²) in [6, 6.07) is 4.50. The van der Waals surface area contributed by atoms with E-state index in [1.54, 1.807) is 12.3 Å². The fourth-order valence-corrected chi connectivity index (χ4v) is 6.74. The van der Waals surface area contributed by atoms with Crippen LogP contribution in [0.3, 0.4) is 0 Å². The lowest BCUT2D eigenvalue weighted by atomic mass is 9.61. The number of nitrogens with one attached hydrogen (secondary N) is 2. The number of hydrazine groups is 2. The summed E-state index contributed by atoms with van der Waals surface area (Å²) in [6.45, 7) is 9.37. The zero-order valence-electron chi connectivity index (χ0n) is 23.5. The lowest BCUT2D eigenvalue weighted by Gasteiger charge is -2.53. The van der Waals surface area contributed by atoms with Gasteiger partial charge < -0.3 is 9.30 Å². The molecule has 6 rings (SSSR count). The Morgan fingerprint density at radius 1 is 1.15 bits per heavy atom. The summed E-state index contributed by atoms with van der Waals surface area (Å²) in [4.78, 5) is 16.0. The van der Waals surface area contributed by atoms with Crippen molar-refractivity contribution in [1.82, 2.24) is 35.0 Å². The molecule has 0 spiro atoms. The van der Waals surface area contributed by atoms with Crippen LogP contribution in [0.1, 0.15) is 50.9 Å². The monoisotopic (exact) mass is 592 g/mol. The average Bonchev–Trinajstić information content (AvgIpc) is 3.53. The molecule has 2 aliphatic heterocycles. The number of nitrogens with zero attached hydrogens (tertiary/aromatic N) is 6. The topological polar surface area (TPSA) is 83.4 Å². The molecule has 3 aromatic rings. The molecule has 222 valence electrons. The van der Waals surface area contributed by atoms with Gasteiger partial charge in [-0.25, -0.2) is 28.1 Å². The van der Waals surface area contributed by atoms with Crippen molar-refractivity contribution < 1.29 is 17.9 Å². The van der Waals surface area contributed by atoms with Crippen molar-refractivity contribution in [3.8, 4) is 0 Å². The molecule has 2 saturated heterocycles. The highest BCUT2D eigenvalue weighted by Gasteiger charge is 2.58. The van der Waals surface area contributed by atoms with Gasteiger partial charge in [-0.1, -0.05) is 17.7 Å². The Morgan fingerprint density at radius 2 is 1.95 bits per heavy atom. The molecule has 13 heteroatoms. The van der Waals surface area contributed by atoms with Gasteiger partial charge in [0.1, 0.15) is 17.2 Å². The van der Waals surface area contributed by atoms with E-state index in [1.807, 2.05) is 6.92 Å². The van der Waals surface area contributed by atoms with Crippen LogP contribution < -0.4 is 11.0 Å². The second kappa shape index (κ2) is 11.0. The van der Waals surface area contributed by atoms with Crippen molar-refractivity contribution >= 4 is 28.7 Å². The third kappa shape index (κ3) is 5.77. The van der Waals surface area contributed by atoms with Crippen molar-refractivity contribution in [2.24, 2.45) is 0 Å². The third-order valence-electron chi connectivity index (χ3n) is 8.75. The molecule has 3 fully saturated rings. The Hall–Kier alpha value is -2.51. The minimum Gasteiger partial charge on any atom is -0.376 e. The maximum Gasteiger partial charge on any atom is 0.250 e. The molecule has 1 saturated carbocycles. The normalized spacial score (nSPS) is 26.4. The number of alkyl halides is 2. The zero-order chi connectivity index (χ0) is 28.9. The second-order valence-electron chi connectivity index (χ2n) is 11.9. The first kappa shape index (κ1) is 28.6. The number of rotatable bonds is 8. The number of anilines is 1. The first-order valence-corrected chi connectivity index (χ1v) is 14.6. The van der Waals surface area contributed by atoms with E-state index in [0.29, 0.717) is 37.7 Å². The molecule has 2 N–H and O–H groups in total. The van der Waals surface area contributed by atoms with E-state index in [9.17, 15) is 13.2 Å². The minimum absolute atomic E-state index is 0.0379. The quantitative estimate of drug-likeness (QED) is 0.364. The molecule has 3 atom stereocenters. The Labute approximate surface area is 242 Å². The van der Waals surface area contributed by atoms with Gasteiger partial charge in [-0.15, -0.1) is 0 Å². The maximum atomic E-state index is 14.2. The van der Waals surface area contributed by atoms with Crippen molar-refractivity contribution in [1.29, 1.82) is 0 Å². The predicted molar refractivity (Wildman–Crippen MR) is 150 cm³/mol. The van der Waals surface area contributed by atoms with Crippen LogP contribution in [-0.4, -0.2) is 79.8 Å². The van der Waals surface area contributed by atoms with E-state index >= 15 is 0 Å². The standard InChI is InChI=1S/C28H36ClF3N8O/c1-17-12-40(37-36-26-33-10-24-25(35-26)39(19(3)34-24)13-21-5-4-8-41-21)18(2)11-38(17)16-27(14-28(31,32)15-27)20-6-7-23(30)22(29)9-20/h6-7,9-10,17-18,21,37H,4-5,8,11-16H2,1-3H3,(H,33,35,36)/t17-,18+,21+/m1/s1. The highest BCUT2D eigenvalue weighted by Crippen LogP contribution is 2.54. The number of aromatic nitrogens is 4. The van der Waals surface area contributed by atoms with Crippen LogP contribution in [0.5, 0.6) is 0 Å². The van der Waals surface area contributed by atoms with Crippen molar-refractivity contribution in [2.75, 3.05) is 31.7 Å². The van der Waals surface area contributed by atoms with Crippen molar-refractivity contribution in [2.45, 2.75) is 82.5 Å². The number of aryl methyl sites for hydroxylation is 1. The van der Waals surface area contributed by atoms with Gasteiger partial charge in [-0.05, 0) is 51.3 Å². The van der Waals surface area contributed by atoms with Gasteiger partial charge >= 0.3 is 0 Å². The summed E-state index contributed by atoms with van der Waals surface area (Å²) >= 11 is 6.03. The number of hydrogen-bond donors (Lipinski definition) is 2. The molecule has 1 aliphatic carbocycles. The van der Waals surface area contributed by atoms with Gasteiger partial charge in [0, 0.05) is 56.6 Å². The number of halogens is 4. The van der Waals surface area contributed by atoms with E-state index < -0.39 is 17.2 Å². The van der Waals surface area contributed by atoms with Gasteiger partial charge in [-0.2, -0.15) is 10.5 Å². The van der Waals surface area contributed by atoms with Crippen LogP contribution in [0, 0.1) is 12.7 Å². The third-order valence-corrected chi connectivity index (χ3v) is 9.04. The van der Waals surface area contributed by atoms with Gasteiger partial charge in [0.15, 0.2) is 5.65 Å². The summed E-state index contributed by atoms with van der Waals surface area (Å²) in [7, 11) is 0. The van der Waals surface area contributed by atoms with E-state index in [0.717, 1.165) is 36.4 Å². The number of piperazine rings is 1. The number of benzene rings is 1. The number of hydrogen-bond acceptors (Lipinski definition) is 8. The number of fused-ring (bicyclic) bond motifs is 1. The highest BCUT2D eigenvalue weighted by molar-refractivity contribution is 6.30. The Bertz CT molecular complexity index is 1410. The Morgan fingerprint density at radius 3 is 2.66 bits per heavy atom. The van der Waals surface area contributed by atoms with Crippen LogP contribution >= 0.6 is 11.6 Å². The maximum absolute atomic E-state index is 14.2. The predicted octanol–water partition coefficient (Wildman–Crippen LogP) is 4.70. The largest absolute Gasteiger partial charge is 0.376 e. The first-order chi connectivity index (χ1) is 19.5. The second-order valence-corrected chi connectivity index (χ2v) is 12.3. The molecule has 9 nitrogen and oxygen atoms in total. The SMILES string of the molecule is Cc1nc2cnc(NNN3C[C@@H](C)N(CC4(c5ccc(F)c(Cl)c5)CC(F)(F)C4)C[C@@H]3C)nc2n1C[C@@H]1CCCO1. The Balaban J connectivity index is 1.11. The molecule has 4 heterocycles. The van der Waals surface area contributed by atoms with Crippen molar-refractivity contribution in [3.05, 3.63) is 46.6 Å². The van der Waals surface area contributed by atoms with E-state index in [2.05, 4.69) is 49.3 Å². The molecule has 2 aromatic heterocycles. The minimum atomic E-state index is -2.73. The van der Waals surface area contributed by atoms with Crippen LogP contribution in [0.2, 0.25) is 5.02 Å². The van der Waals surface area contributed by atoms with Crippen LogP contribution in [0.25, 0.3) is 11.2 Å². The van der Waals surface area contributed by atoms with Crippen LogP contribution in [-0.2, 0) is 16.7 Å². The van der Waals surface area contributed by atoms with Gasteiger partial charge in [0.2, 0.25) is 11.9 Å². The molecule has 0 bridgehead atoms. The lowest BCUT2D eigenvalue weighted by molar-refractivity contribution is -0.140. The van der Waals surface area contributed by atoms with Gasteiger partial charge in [-0.3, -0.25) is 10.3 Å². The molecule has 1 aromatic carbocycles. The van der Waals surface area contributed by atoms with Crippen molar-refractivity contribution in [3.63, 3.8) is 0 Å². The molecule has 3 aliphatic rings. The van der Waals surface area contributed by atoms with E-state index in [1.165, 1.54) is 12.1 Å². The molecular weight excluding hydrogens is 557 g/mol. The van der Waals surface area contributed by atoms with E-state index in [4.69, 9.17) is 21.3 Å². The molecular formula is C28H36ClF3N8O. The summed E-state index contributed by atoms with van der Waals surface area (Å²) in [5, 5.41) is 2.03. The lowest BCUT2D eigenvalue weighted by Crippen LogP contribution is -2.65. The molecule has 0 amide bonds. The average molecular weight is 593 g/mol. The van der Waals surface area contributed by atoms with Crippen LogP contribution in [0.4, 0.5) is 19.1 Å². The summed E-state index contributed by atoms with van der Waals surface area (Å²) in [5.74, 6) is -1.98. The first-order valence-electron chi connectivity index (χ1n) is 14.2. The Kier molecular flexibility index (Phi) is 7.65. The van der Waals surface area contributed by atoms with Crippen LogP contribution in [0.15, 0.2) is 24.4 Å². The fraction of sp³-hybridized carbons (Fsp3) is 0.607.